The first kappa shape index (κ1) is 16.0. The van der Waals surface area contributed by atoms with Gasteiger partial charge in [-0.2, -0.15) is 4.98 Å². The summed E-state index contributed by atoms with van der Waals surface area (Å²) in [7, 11) is 0. The van der Waals surface area contributed by atoms with Crippen molar-refractivity contribution in [2.24, 2.45) is 0 Å². The van der Waals surface area contributed by atoms with Crippen LogP contribution in [0.4, 0.5) is 17.2 Å². The van der Waals surface area contributed by atoms with Gasteiger partial charge in [0.15, 0.2) is 0 Å². The molecule has 0 saturated carbocycles. The van der Waals surface area contributed by atoms with Gasteiger partial charge in [-0.1, -0.05) is 34.8 Å². The number of hydrogen-bond donors (Lipinski definition) is 2. The highest BCUT2D eigenvalue weighted by Gasteiger charge is 2.10. The average molecular weight is 347 g/mol. The van der Waals surface area contributed by atoms with Crippen molar-refractivity contribution in [1.29, 1.82) is 0 Å². The Morgan fingerprint density at radius 3 is 2.43 bits per heavy atom. The van der Waals surface area contributed by atoms with Crippen LogP contribution >= 0.6 is 34.8 Å². The van der Waals surface area contributed by atoms with Crippen molar-refractivity contribution >= 4 is 52.0 Å². The van der Waals surface area contributed by atoms with E-state index in [0.29, 0.717) is 38.1 Å². The average Bonchev–Trinajstić information content (AvgIpc) is 2.39. The Kier molecular flexibility index (Phi) is 5.04. The molecule has 21 heavy (non-hydrogen) atoms. The van der Waals surface area contributed by atoms with E-state index in [1.165, 1.54) is 0 Å². The van der Waals surface area contributed by atoms with Gasteiger partial charge in [-0.3, -0.25) is 0 Å². The van der Waals surface area contributed by atoms with Crippen molar-refractivity contribution in [3.63, 3.8) is 0 Å². The Hall–Kier alpha value is -1.36. The number of ether oxygens (including phenoxy) is 1. The third kappa shape index (κ3) is 4.06. The maximum Gasteiger partial charge on any atom is 0.239 e. The van der Waals surface area contributed by atoms with Gasteiger partial charge in [0.25, 0.3) is 0 Å². The predicted octanol–water partition coefficient (Wildman–Crippen LogP) is 5.15. The van der Waals surface area contributed by atoms with Crippen molar-refractivity contribution < 1.29 is 4.74 Å². The molecule has 1 aromatic heterocycles. The van der Waals surface area contributed by atoms with Crippen molar-refractivity contribution in [3.05, 3.63) is 39.3 Å². The predicted molar refractivity (Wildman–Crippen MR) is 89.2 cm³/mol. The zero-order valence-electron chi connectivity index (χ0n) is 11.5. The van der Waals surface area contributed by atoms with E-state index in [4.69, 9.17) is 45.3 Å². The van der Waals surface area contributed by atoms with E-state index in [-0.39, 0.29) is 6.10 Å². The third-order valence-corrected chi connectivity index (χ3v) is 3.54. The molecule has 0 radical (unpaired) electrons. The zero-order chi connectivity index (χ0) is 15.6. The van der Waals surface area contributed by atoms with Crippen LogP contribution in [0.5, 0.6) is 5.88 Å². The number of pyridine rings is 1. The maximum absolute atomic E-state index is 6.12. The molecule has 112 valence electrons. The van der Waals surface area contributed by atoms with E-state index >= 15 is 0 Å². The van der Waals surface area contributed by atoms with Gasteiger partial charge in [0.2, 0.25) is 5.88 Å². The topological polar surface area (TPSA) is 60.2 Å². The van der Waals surface area contributed by atoms with E-state index in [9.17, 15) is 0 Å². The molecule has 1 heterocycles. The largest absolute Gasteiger partial charge is 0.473 e. The van der Waals surface area contributed by atoms with Crippen LogP contribution in [0.3, 0.4) is 0 Å². The Balaban J connectivity index is 2.30. The van der Waals surface area contributed by atoms with Crippen LogP contribution in [0, 0.1) is 0 Å². The summed E-state index contributed by atoms with van der Waals surface area (Å²) < 4.78 is 5.54. The summed E-state index contributed by atoms with van der Waals surface area (Å²) in [5, 5.41) is 4.29. The third-order valence-electron chi connectivity index (χ3n) is 2.51. The number of benzene rings is 1. The molecule has 0 spiro atoms. The van der Waals surface area contributed by atoms with Crippen LogP contribution in [0.15, 0.2) is 24.3 Å². The first-order valence-electron chi connectivity index (χ1n) is 6.21. The monoisotopic (exact) mass is 345 g/mol. The van der Waals surface area contributed by atoms with E-state index in [1.807, 2.05) is 13.8 Å². The molecule has 0 aliphatic rings. The van der Waals surface area contributed by atoms with E-state index < -0.39 is 0 Å². The maximum atomic E-state index is 6.12. The standard InChI is InChI=1S/C14H14Cl3N3O/c1-7(2)21-14-11(18)3-4-13(20-14)19-12-6-9(16)8(15)5-10(12)17/h3-7H,18H2,1-2H3,(H,19,20). The van der Waals surface area contributed by atoms with Crippen LogP contribution in [0.2, 0.25) is 15.1 Å². The minimum absolute atomic E-state index is 0.0244. The molecule has 1 aromatic carbocycles. The van der Waals surface area contributed by atoms with Gasteiger partial charge in [-0.25, -0.2) is 0 Å². The molecule has 0 amide bonds. The molecule has 0 unspecified atom stereocenters. The second-order valence-corrected chi connectivity index (χ2v) is 5.85. The molecule has 0 fully saturated rings. The number of anilines is 3. The SMILES string of the molecule is CC(C)Oc1nc(Nc2cc(Cl)c(Cl)cc2Cl)ccc1N. The number of aromatic nitrogens is 1. The van der Waals surface area contributed by atoms with Crippen molar-refractivity contribution in [1.82, 2.24) is 4.98 Å². The molecule has 0 saturated heterocycles. The molecule has 3 N–H and O–H groups in total. The first-order chi connectivity index (χ1) is 9.86. The molecule has 0 aliphatic heterocycles. The molecule has 0 aliphatic carbocycles. The minimum atomic E-state index is -0.0244. The summed E-state index contributed by atoms with van der Waals surface area (Å²) in [6.45, 7) is 3.80. The molecular weight excluding hydrogens is 333 g/mol. The highest BCUT2D eigenvalue weighted by atomic mass is 35.5. The molecule has 0 bridgehead atoms. The summed E-state index contributed by atoms with van der Waals surface area (Å²) in [5.74, 6) is 0.909. The summed E-state index contributed by atoms with van der Waals surface area (Å²) in [5.41, 5.74) is 6.89. The van der Waals surface area contributed by atoms with E-state index in [1.54, 1.807) is 24.3 Å². The van der Waals surface area contributed by atoms with Crippen molar-refractivity contribution in [2.45, 2.75) is 20.0 Å². The Bertz CT molecular complexity index is 662. The van der Waals surface area contributed by atoms with Crippen molar-refractivity contribution in [3.8, 4) is 5.88 Å². The molecule has 2 aromatic rings. The Labute approximate surface area is 138 Å². The number of hydrogen-bond acceptors (Lipinski definition) is 4. The molecule has 7 heteroatoms. The lowest BCUT2D eigenvalue weighted by Gasteiger charge is -2.14. The summed E-state index contributed by atoms with van der Waals surface area (Å²) in [6.07, 6.45) is -0.0244. The first-order valence-corrected chi connectivity index (χ1v) is 7.35. The van der Waals surface area contributed by atoms with Gasteiger partial charge in [-0.15, -0.1) is 0 Å². The second kappa shape index (κ2) is 6.60. The van der Waals surface area contributed by atoms with Gasteiger partial charge in [0, 0.05) is 0 Å². The number of rotatable bonds is 4. The smallest absolute Gasteiger partial charge is 0.239 e. The van der Waals surface area contributed by atoms with Crippen LogP contribution in [0.25, 0.3) is 0 Å². The lowest BCUT2D eigenvalue weighted by molar-refractivity contribution is 0.234. The van der Waals surface area contributed by atoms with Crippen LogP contribution in [-0.4, -0.2) is 11.1 Å². The van der Waals surface area contributed by atoms with Crippen LogP contribution in [-0.2, 0) is 0 Å². The lowest BCUT2D eigenvalue weighted by atomic mass is 10.3. The highest BCUT2D eigenvalue weighted by molar-refractivity contribution is 6.44. The van der Waals surface area contributed by atoms with E-state index in [2.05, 4.69) is 10.3 Å². The molecule has 4 nitrogen and oxygen atoms in total. The normalized spacial score (nSPS) is 10.8. The molecular formula is C14H14Cl3N3O. The highest BCUT2D eigenvalue weighted by Crippen LogP contribution is 2.34. The number of nitrogens with zero attached hydrogens (tertiary/aromatic N) is 1. The number of halogens is 3. The van der Waals surface area contributed by atoms with Gasteiger partial charge >= 0.3 is 0 Å². The fourth-order valence-electron chi connectivity index (χ4n) is 1.59. The fourth-order valence-corrected chi connectivity index (χ4v) is 2.19. The van der Waals surface area contributed by atoms with Gasteiger partial charge in [0.05, 0.1) is 32.5 Å². The minimum Gasteiger partial charge on any atom is -0.473 e. The Morgan fingerprint density at radius 2 is 1.76 bits per heavy atom. The lowest BCUT2D eigenvalue weighted by Crippen LogP contribution is -2.09. The second-order valence-electron chi connectivity index (χ2n) is 4.63. The van der Waals surface area contributed by atoms with E-state index in [0.717, 1.165) is 0 Å². The van der Waals surface area contributed by atoms with Crippen LogP contribution in [0.1, 0.15) is 13.8 Å². The van der Waals surface area contributed by atoms with Gasteiger partial charge in [0.1, 0.15) is 5.82 Å². The number of nitrogens with one attached hydrogen (secondary N) is 1. The molecule has 0 atom stereocenters. The number of nitrogen functional groups attached to an aromatic ring is 1. The molecule has 2 rings (SSSR count). The van der Waals surface area contributed by atoms with Gasteiger partial charge < -0.3 is 15.8 Å². The summed E-state index contributed by atoms with van der Waals surface area (Å²) in [6, 6.07) is 6.63. The van der Waals surface area contributed by atoms with Crippen LogP contribution < -0.4 is 15.8 Å². The zero-order valence-corrected chi connectivity index (χ0v) is 13.7. The fraction of sp³-hybridized carbons (Fsp3) is 0.214. The summed E-state index contributed by atoms with van der Waals surface area (Å²) in [4.78, 5) is 4.31. The summed E-state index contributed by atoms with van der Waals surface area (Å²) >= 11 is 18.0. The van der Waals surface area contributed by atoms with Crippen molar-refractivity contribution in [2.75, 3.05) is 11.1 Å². The Morgan fingerprint density at radius 1 is 1.10 bits per heavy atom. The van der Waals surface area contributed by atoms with Gasteiger partial charge in [-0.05, 0) is 38.1 Å². The number of nitrogens with two attached hydrogens (primary N) is 1. The quantitative estimate of drug-likeness (QED) is 0.751.